The highest BCUT2D eigenvalue weighted by molar-refractivity contribution is 6.32. The number of benzene rings is 1. The molecule has 0 bridgehead atoms. The Morgan fingerprint density at radius 2 is 1.81 bits per heavy atom. The summed E-state index contributed by atoms with van der Waals surface area (Å²) in [6.45, 7) is 3.47. The number of piperidine rings is 1. The van der Waals surface area contributed by atoms with Gasteiger partial charge in [-0.05, 0) is 68.7 Å². The van der Waals surface area contributed by atoms with Crippen LogP contribution in [0.4, 0.5) is 10.5 Å². The van der Waals surface area contributed by atoms with E-state index in [0.717, 1.165) is 64.6 Å². The Balaban J connectivity index is 1.13. The summed E-state index contributed by atoms with van der Waals surface area (Å²) in [5.41, 5.74) is 0.764. The molecule has 9 nitrogen and oxygen atoms in total. The molecule has 2 saturated heterocycles. The Bertz CT molecular complexity index is 1100. The van der Waals surface area contributed by atoms with Gasteiger partial charge in [0.05, 0.1) is 24.2 Å². The first-order chi connectivity index (χ1) is 18.1. The predicted molar refractivity (Wildman–Crippen MR) is 141 cm³/mol. The average molecular weight is 531 g/mol. The van der Waals surface area contributed by atoms with Gasteiger partial charge in [-0.3, -0.25) is 4.79 Å². The van der Waals surface area contributed by atoms with Gasteiger partial charge in [0.25, 0.3) is 5.56 Å². The van der Waals surface area contributed by atoms with E-state index in [-0.39, 0.29) is 28.9 Å². The Labute approximate surface area is 222 Å². The van der Waals surface area contributed by atoms with E-state index in [0.29, 0.717) is 42.7 Å². The normalized spacial score (nSPS) is 21.1. The molecule has 1 aromatic heterocycles. The van der Waals surface area contributed by atoms with Gasteiger partial charge in [-0.2, -0.15) is 9.78 Å². The molecule has 2 aliphatic heterocycles. The summed E-state index contributed by atoms with van der Waals surface area (Å²) in [7, 11) is 0. The molecule has 1 amide bonds. The van der Waals surface area contributed by atoms with Crippen LogP contribution in [0.2, 0.25) is 5.02 Å². The summed E-state index contributed by atoms with van der Waals surface area (Å²) in [5, 5.41) is 7.68. The lowest BCUT2D eigenvalue weighted by atomic mass is 10.0. The Hall–Kier alpha value is -2.78. The summed E-state index contributed by atoms with van der Waals surface area (Å²) >= 11 is 6.38. The zero-order valence-corrected chi connectivity index (χ0v) is 21.8. The minimum atomic E-state index is -0.378. The largest absolute Gasteiger partial charge is 0.490 e. The lowest BCUT2D eigenvalue weighted by molar-refractivity contribution is 0.0439. The number of likely N-dealkylation sites (tertiary alicyclic amines) is 1. The fourth-order valence-corrected chi connectivity index (χ4v) is 5.40. The van der Waals surface area contributed by atoms with Crippen molar-refractivity contribution < 1.29 is 19.0 Å². The number of nitrogens with one attached hydrogen (secondary N) is 1. The molecular formula is C27H35ClN4O5. The summed E-state index contributed by atoms with van der Waals surface area (Å²) in [6, 6.07) is 7.24. The van der Waals surface area contributed by atoms with E-state index in [2.05, 4.69) is 10.4 Å². The molecule has 0 radical (unpaired) electrons. The maximum absolute atomic E-state index is 12.9. The van der Waals surface area contributed by atoms with Crippen molar-refractivity contribution in [2.45, 2.75) is 63.6 Å². The number of carbonyl (C=O) groups is 1. The molecule has 200 valence electrons. The van der Waals surface area contributed by atoms with Gasteiger partial charge < -0.3 is 24.4 Å². The summed E-state index contributed by atoms with van der Waals surface area (Å²) < 4.78 is 18.6. The number of hydrogen-bond acceptors (Lipinski definition) is 7. The van der Waals surface area contributed by atoms with Crippen LogP contribution < -0.4 is 15.6 Å². The molecule has 10 heteroatoms. The molecule has 3 fully saturated rings. The lowest BCUT2D eigenvalue weighted by Crippen LogP contribution is -2.42. The summed E-state index contributed by atoms with van der Waals surface area (Å²) in [5.74, 6) is 1.11. The zero-order chi connectivity index (χ0) is 25.6. The van der Waals surface area contributed by atoms with E-state index < -0.39 is 0 Å². The smallest absolute Gasteiger partial charge is 0.410 e. The maximum Gasteiger partial charge on any atom is 0.410 e. The van der Waals surface area contributed by atoms with Gasteiger partial charge >= 0.3 is 6.09 Å². The second kappa shape index (κ2) is 12.2. The van der Waals surface area contributed by atoms with Gasteiger partial charge in [0.2, 0.25) is 0 Å². The van der Waals surface area contributed by atoms with Crippen LogP contribution in [-0.4, -0.2) is 65.8 Å². The van der Waals surface area contributed by atoms with Crippen molar-refractivity contribution in [2.75, 3.05) is 38.2 Å². The van der Waals surface area contributed by atoms with Gasteiger partial charge in [-0.25, -0.2) is 4.79 Å². The number of rotatable bonds is 7. The van der Waals surface area contributed by atoms with Gasteiger partial charge in [0.15, 0.2) is 0 Å². The SMILES string of the molecule is O=C(OC1CCCC1)N1CCC(Oc2ccc(-n3ncc(NC[C@H]4CCCOC4)c(Cl)c3=O)cc2)CC1. The van der Waals surface area contributed by atoms with Gasteiger partial charge in [0, 0.05) is 39.1 Å². The third-order valence-electron chi connectivity index (χ3n) is 7.41. The molecule has 1 N–H and O–H groups in total. The molecule has 3 aliphatic rings. The Morgan fingerprint density at radius 3 is 2.51 bits per heavy atom. The van der Waals surface area contributed by atoms with Crippen molar-refractivity contribution in [1.82, 2.24) is 14.7 Å². The van der Waals surface area contributed by atoms with Crippen molar-refractivity contribution in [3.8, 4) is 11.4 Å². The Kier molecular flexibility index (Phi) is 8.51. The number of halogens is 1. The van der Waals surface area contributed by atoms with Crippen molar-refractivity contribution in [3.05, 3.63) is 45.8 Å². The molecule has 0 unspecified atom stereocenters. The van der Waals surface area contributed by atoms with Crippen molar-refractivity contribution in [3.63, 3.8) is 0 Å². The number of ether oxygens (including phenoxy) is 3. The van der Waals surface area contributed by atoms with Crippen LogP contribution in [-0.2, 0) is 9.47 Å². The number of anilines is 1. The fourth-order valence-electron chi connectivity index (χ4n) is 5.20. The topological polar surface area (TPSA) is 94.9 Å². The molecule has 2 aromatic rings. The minimum absolute atomic E-state index is 0.0246. The summed E-state index contributed by atoms with van der Waals surface area (Å²) in [4.78, 5) is 27.0. The highest BCUT2D eigenvalue weighted by atomic mass is 35.5. The zero-order valence-electron chi connectivity index (χ0n) is 21.1. The van der Waals surface area contributed by atoms with Crippen LogP contribution in [0.25, 0.3) is 5.69 Å². The van der Waals surface area contributed by atoms with Crippen LogP contribution in [0.1, 0.15) is 51.4 Å². The van der Waals surface area contributed by atoms with Crippen LogP contribution in [0.15, 0.2) is 35.3 Å². The van der Waals surface area contributed by atoms with E-state index in [1.165, 1.54) is 4.68 Å². The molecule has 3 heterocycles. The highest BCUT2D eigenvalue weighted by Gasteiger charge is 2.28. The molecule has 1 saturated carbocycles. The van der Waals surface area contributed by atoms with Crippen molar-refractivity contribution in [1.29, 1.82) is 0 Å². The highest BCUT2D eigenvalue weighted by Crippen LogP contribution is 2.25. The van der Waals surface area contributed by atoms with E-state index in [9.17, 15) is 9.59 Å². The van der Waals surface area contributed by atoms with E-state index in [1.807, 2.05) is 12.1 Å². The monoisotopic (exact) mass is 530 g/mol. The van der Waals surface area contributed by atoms with Gasteiger partial charge in [-0.1, -0.05) is 11.6 Å². The van der Waals surface area contributed by atoms with E-state index in [4.69, 9.17) is 25.8 Å². The number of amides is 1. The van der Waals surface area contributed by atoms with E-state index in [1.54, 1.807) is 23.2 Å². The molecule has 5 rings (SSSR count). The first-order valence-corrected chi connectivity index (χ1v) is 13.8. The number of nitrogens with zero attached hydrogens (tertiary/aromatic N) is 3. The number of hydrogen-bond donors (Lipinski definition) is 1. The lowest BCUT2D eigenvalue weighted by Gasteiger charge is -2.32. The number of carbonyl (C=O) groups excluding carboxylic acids is 1. The third-order valence-corrected chi connectivity index (χ3v) is 7.77. The fraction of sp³-hybridized carbons (Fsp3) is 0.593. The molecule has 1 atom stereocenters. The quantitative estimate of drug-likeness (QED) is 0.557. The average Bonchev–Trinajstić information content (AvgIpc) is 3.44. The maximum atomic E-state index is 12.9. The molecular weight excluding hydrogens is 496 g/mol. The van der Waals surface area contributed by atoms with Crippen LogP contribution in [0.3, 0.4) is 0 Å². The van der Waals surface area contributed by atoms with Crippen molar-refractivity contribution >= 4 is 23.4 Å². The van der Waals surface area contributed by atoms with E-state index >= 15 is 0 Å². The standard InChI is InChI=1S/C27H35ClN4O5/c28-25-24(29-16-19-4-3-15-35-18-19)17-30-32(26(25)33)20-7-9-22(10-8-20)36-23-11-13-31(14-12-23)27(34)37-21-5-1-2-6-21/h7-10,17,19,21,23,29H,1-6,11-16,18H2/t19-/m1/s1. The second-order valence-electron chi connectivity index (χ2n) is 10.1. The first kappa shape index (κ1) is 25.9. The summed E-state index contributed by atoms with van der Waals surface area (Å²) in [6.07, 6.45) is 9.38. The predicted octanol–water partition coefficient (Wildman–Crippen LogP) is 4.65. The number of aromatic nitrogens is 2. The Morgan fingerprint density at radius 1 is 1.05 bits per heavy atom. The second-order valence-corrected chi connectivity index (χ2v) is 10.5. The molecule has 0 spiro atoms. The van der Waals surface area contributed by atoms with Crippen LogP contribution in [0, 0.1) is 5.92 Å². The molecule has 37 heavy (non-hydrogen) atoms. The van der Waals surface area contributed by atoms with Crippen LogP contribution >= 0.6 is 11.6 Å². The molecule has 1 aromatic carbocycles. The van der Waals surface area contributed by atoms with Gasteiger partial charge in [-0.15, -0.1) is 0 Å². The van der Waals surface area contributed by atoms with Gasteiger partial charge in [0.1, 0.15) is 23.0 Å². The third kappa shape index (κ3) is 6.57. The first-order valence-electron chi connectivity index (χ1n) is 13.4. The van der Waals surface area contributed by atoms with Crippen molar-refractivity contribution in [2.24, 2.45) is 5.92 Å². The minimum Gasteiger partial charge on any atom is -0.490 e. The van der Waals surface area contributed by atoms with Crippen LogP contribution in [0.5, 0.6) is 5.75 Å². The molecule has 1 aliphatic carbocycles.